The molecule has 35 heavy (non-hydrogen) atoms. The molecule has 1 aliphatic rings. The summed E-state index contributed by atoms with van der Waals surface area (Å²) in [5.74, 6) is 1.08. The SMILES string of the molecule is COC(=O)c1ccc2ncc(/C=C/C3NCCc4cc(OCc5ccccc5)c(OC)cc43)n2c1. The molecule has 2 aromatic carbocycles. The first kappa shape index (κ1) is 22.7. The molecule has 0 radical (unpaired) electrons. The third-order valence-corrected chi connectivity index (χ3v) is 6.17. The van der Waals surface area contributed by atoms with Gasteiger partial charge in [-0.25, -0.2) is 9.78 Å². The van der Waals surface area contributed by atoms with Gasteiger partial charge in [0.1, 0.15) is 12.3 Å². The number of hydrogen-bond acceptors (Lipinski definition) is 6. The van der Waals surface area contributed by atoms with E-state index in [1.165, 1.54) is 12.7 Å². The first-order valence-electron chi connectivity index (χ1n) is 11.5. The van der Waals surface area contributed by atoms with Gasteiger partial charge in [-0.3, -0.25) is 4.40 Å². The number of carbonyl (C=O) groups excluding carboxylic acids is 1. The summed E-state index contributed by atoms with van der Waals surface area (Å²) in [4.78, 5) is 16.4. The van der Waals surface area contributed by atoms with Crippen molar-refractivity contribution in [2.45, 2.75) is 19.1 Å². The van der Waals surface area contributed by atoms with Crippen molar-refractivity contribution in [2.75, 3.05) is 20.8 Å². The average molecular weight is 470 g/mol. The van der Waals surface area contributed by atoms with Gasteiger partial charge in [-0.1, -0.05) is 36.4 Å². The maximum atomic E-state index is 11.9. The van der Waals surface area contributed by atoms with Crippen molar-refractivity contribution in [1.29, 1.82) is 0 Å². The highest BCUT2D eigenvalue weighted by atomic mass is 16.5. The number of pyridine rings is 1. The van der Waals surface area contributed by atoms with Crippen LogP contribution in [-0.4, -0.2) is 36.1 Å². The topological polar surface area (TPSA) is 74.1 Å². The summed E-state index contributed by atoms with van der Waals surface area (Å²) in [5.41, 5.74) is 5.60. The third kappa shape index (κ3) is 4.76. The fraction of sp³-hybridized carbons (Fsp3) is 0.214. The standard InChI is InChI=1S/C28H27N3O4/c1-33-25-15-23-20(14-26(25)35-18-19-6-4-3-5-7-19)12-13-29-24(23)10-9-22-16-30-27-11-8-21(17-31(22)27)28(32)34-2/h3-11,14-17,24,29H,12-13,18H2,1-2H3/b10-9+. The first-order valence-corrected chi connectivity index (χ1v) is 11.5. The molecule has 0 amide bonds. The van der Waals surface area contributed by atoms with Crippen molar-refractivity contribution in [3.05, 3.63) is 101 Å². The number of nitrogens with one attached hydrogen (secondary N) is 1. The van der Waals surface area contributed by atoms with Crippen molar-refractivity contribution >= 4 is 17.7 Å². The van der Waals surface area contributed by atoms with E-state index < -0.39 is 0 Å². The lowest BCUT2D eigenvalue weighted by molar-refractivity contribution is 0.0600. The summed E-state index contributed by atoms with van der Waals surface area (Å²) >= 11 is 0. The quantitative estimate of drug-likeness (QED) is 0.399. The minimum atomic E-state index is -0.379. The minimum absolute atomic E-state index is 0.00478. The van der Waals surface area contributed by atoms with Crippen molar-refractivity contribution in [1.82, 2.24) is 14.7 Å². The van der Waals surface area contributed by atoms with Crippen LogP contribution in [0.25, 0.3) is 11.7 Å². The highest BCUT2D eigenvalue weighted by molar-refractivity contribution is 5.89. The molecule has 1 aliphatic heterocycles. The van der Waals surface area contributed by atoms with E-state index in [1.54, 1.807) is 31.6 Å². The van der Waals surface area contributed by atoms with Crippen molar-refractivity contribution in [3.8, 4) is 11.5 Å². The molecule has 178 valence electrons. The van der Waals surface area contributed by atoms with Gasteiger partial charge in [0.25, 0.3) is 0 Å². The molecule has 3 heterocycles. The summed E-state index contributed by atoms with van der Waals surface area (Å²) in [6.45, 7) is 1.34. The maximum absolute atomic E-state index is 11.9. The predicted molar refractivity (Wildman–Crippen MR) is 134 cm³/mol. The Morgan fingerprint density at radius 3 is 2.80 bits per heavy atom. The Morgan fingerprint density at radius 1 is 1.14 bits per heavy atom. The van der Waals surface area contributed by atoms with Crippen LogP contribution < -0.4 is 14.8 Å². The summed E-state index contributed by atoms with van der Waals surface area (Å²) in [5, 5.41) is 3.57. The van der Waals surface area contributed by atoms with Gasteiger partial charge in [0.05, 0.1) is 37.7 Å². The number of aromatic nitrogens is 2. The molecule has 0 saturated heterocycles. The highest BCUT2D eigenvalue weighted by Crippen LogP contribution is 2.36. The smallest absolute Gasteiger partial charge is 0.339 e. The second-order valence-electron chi connectivity index (χ2n) is 8.34. The number of rotatable bonds is 7. The predicted octanol–water partition coefficient (Wildman–Crippen LogP) is 4.61. The number of benzene rings is 2. The Hall–Kier alpha value is -4.10. The van der Waals surface area contributed by atoms with E-state index in [1.807, 2.05) is 40.8 Å². The zero-order valence-electron chi connectivity index (χ0n) is 19.7. The molecule has 0 saturated carbocycles. The van der Waals surface area contributed by atoms with Crippen LogP contribution in [0.4, 0.5) is 0 Å². The zero-order chi connectivity index (χ0) is 24.2. The van der Waals surface area contributed by atoms with E-state index in [0.717, 1.165) is 41.2 Å². The van der Waals surface area contributed by atoms with E-state index in [0.29, 0.717) is 17.9 Å². The Bertz CT molecular complexity index is 1380. The van der Waals surface area contributed by atoms with Gasteiger partial charge < -0.3 is 19.5 Å². The summed E-state index contributed by atoms with van der Waals surface area (Å²) in [6, 6.07) is 17.8. The van der Waals surface area contributed by atoms with E-state index in [9.17, 15) is 4.79 Å². The van der Waals surface area contributed by atoms with Gasteiger partial charge in [0.15, 0.2) is 11.5 Å². The van der Waals surface area contributed by atoms with Crippen LogP contribution >= 0.6 is 0 Å². The van der Waals surface area contributed by atoms with Crippen LogP contribution in [0.15, 0.2) is 73.1 Å². The molecule has 0 bridgehead atoms. The van der Waals surface area contributed by atoms with Gasteiger partial charge >= 0.3 is 5.97 Å². The van der Waals surface area contributed by atoms with E-state index in [-0.39, 0.29) is 12.0 Å². The molecular weight excluding hydrogens is 442 g/mol. The van der Waals surface area contributed by atoms with Crippen molar-refractivity contribution < 1.29 is 19.0 Å². The summed E-state index contributed by atoms with van der Waals surface area (Å²) in [6.07, 6.45) is 8.56. The highest BCUT2D eigenvalue weighted by Gasteiger charge is 2.21. The van der Waals surface area contributed by atoms with E-state index in [2.05, 4.69) is 28.5 Å². The molecular formula is C28H27N3O4. The lowest BCUT2D eigenvalue weighted by Gasteiger charge is -2.26. The van der Waals surface area contributed by atoms with Gasteiger partial charge in [-0.15, -0.1) is 0 Å². The first-order chi connectivity index (χ1) is 17.2. The molecule has 4 aromatic rings. The van der Waals surface area contributed by atoms with E-state index >= 15 is 0 Å². The van der Waals surface area contributed by atoms with Crippen molar-refractivity contribution in [2.24, 2.45) is 0 Å². The molecule has 1 unspecified atom stereocenters. The number of hydrogen-bond donors (Lipinski definition) is 1. The molecule has 0 spiro atoms. The normalized spacial score (nSPS) is 15.2. The summed E-state index contributed by atoms with van der Waals surface area (Å²) < 4.78 is 18.5. The van der Waals surface area contributed by atoms with Crippen LogP contribution in [0.1, 0.15) is 38.8 Å². The zero-order valence-corrected chi connectivity index (χ0v) is 19.7. The number of esters is 1. The number of carbonyl (C=O) groups is 1. The van der Waals surface area contributed by atoms with Crippen molar-refractivity contribution in [3.63, 3.8) is 0 Å². The Morgan fingerprint density at radius 2 is 2.00 bits per heavy atom. The van der Waals surface area contributed by atoms with Gasteiger partial charge in [0.2, 0.25) is 0 Å². The molecule has 7 nitrogen and oxygen atoms in total. The van der Waals surface area contributed by atoms with Gasteiger partial charge in [-0.2, -0.15) is 0 Å². The Kier molecular flexibility index (Phi) is 6.50. The molecule has 1 atom stereocenters. The fourth-order valence-electron chi connectivity index (χ4n) is 4.33. The second kappa shape index (κ2) is 10.0. The third-order valence-electron chi connectivity index (χ3n) is 6.17. The van der Waals surface area contributed by atoms with Gasteiger partial charge in [0, 0.05) is 12.7 Å². The molecule has 2 aromatic heterocycles. The van der Waals surface area contributed by atoms with Gasteiger partial charge in [-0.05, 0) is 53.5 Å². The second-order valence-corrected chi connectivity index (χ2v) is 8.34. The number of nitrogens with zero attached hydrogens (tertiary/aromatic N) is 2. The average Bonchev–Trinajstić information content (AvgIpc) is 3.32. The van der Waals surface area contributed by atoms with Crippen LogP contribution in [0.2, 0.25) is 0 Å². The Labute approximate surface area is 204 Å². The summed E-state index contributed by atoms with van der Waals surface area (Å²) in [7, 11) is 3.04. The number of ether oxygens (including phenoxy) is 3. The maximum Gasteiger partial charge on any atom is 0.339 e. The van der Waals surface area contributed by atoms with Crippen LogP contribution in [0.3, 0.4) is 0 Å². The number of fused-ring (bicyclic) bond motifs is 2. The molecule has 0 fully saturated rings. The van der Waals surface area contributed by atoms with Crippen LogP contribution in [-0.2, 0) is 17.8 Å². The lowest BCUT2D eigenvalue weighted by atomic mass is 9.93. The lowest BCUT2D eigenvalue weighted by Crippen LogP contribution is -2.28. The molecule has 1 N–H and O–H groups in total. The molecule has 7 heteroatoms. The monoisotopic (exact) mass is 469 g/mol. The van der Waals surface area contributed by atoms with Crippen LogP contribution in [0.5, 0.6) is 11.5 Å². The number of methoxy groups -OCH3 is 2. The minimum Gasteiger partial charge on any atom is -0.493 e. The molecule has 5 rings (SSSR count). The van der Waals surface area contributed by atoms with E-state index in [4.69, 9.17) is 14.2 Å². The fourth-order valence-corrected chi connectivity index (χ4v) is 4.33. The Balaban J connectivity index is 1.40. The molecule has 0 aliphatic carbocycles. The van der Waals surface area contributed by atoms with Crippen LogP contribution in [0, 0.1) is 0 Å². The largest absolute Gasteiger partial charge is 0.493 e. The number of imidazole rings is 1.